The van der Waals surface area contributed by atoms with Gasteiger partial charge in [-0.3, -0.25) is 9.89 Å². The molecule has 3 aromatic rings. The molecule has 0 spiro atoms. The van der Waals surface area contributed by atoms with Crippen LogP contribution in [0.4, 0.5) is 0 Å². The van der Waals surface area contributed by atoms with Gasteiger partial charge in [-0.15, -0.1) is 0 Å². The van der Waals surface area contributed by atoms with Crippen molar-refractivity contribution in [2.75, 3.05) is 26.3 Å². The molecule has 0 unspecified atom stereocenters. The summed E-state index contributed by atoms with van der Waals surface area (Å²) in [5, 5.41) is 7.38. The highest BCUT2D eigenvalue weighted by Crippen LogP contribution is 2.37. The zero-order valence-corrected chi connectivity index (χ0v) is 18.0. The van der Waals surface area contributed by atoms with Crippen molar-refractivity contribution in [1.82, 2.24) is 15.1 Å². The summed E-state index contributed by atoms with van der Waals surface area (Å²) >= 11 is 0. The smallest absolute Gasteiger partial charge is 0.272 e. The number of amides is 1. The van der Waals surface area contributed by atoms with Crippen molar-refractivity contribution >= 4 is 5.91 Å². The molecule has 0 bridgehead atoms. The maximum absolute atomic E-state index is 13.1. The zero-order chi connectivity index (χ0) is 21.8. The molecular formula is C25H27N3O4. The van der Waals surface area contributed by atoms with E-state index in [-0.39, 0.29) is 12.0 Å². The third kappa shape index (κ3) is 4.40. The van der Waals surface area contributed by atoms with Gasteiger partial charge in [0, 0.05) is 24.2 Å². The number of carbonyl (C=O) groups excluding carboxylic acids is 1. The number of para-hydroxylation sites is 1. The molecule has 1 amide bonds. The lowest BCUT2D eigenvalue weighted by Gasteiger charge is -2.32. The highest BCUT2D eigenvalue weighted by Gasteiger charge is 2.30. The van der Waals surface area contributed by atoms with E-state index in [0.717, 1.165) is 41.0 Å². The molecule has 7 nitrogen and oxygen atoms in total. The number of benzene rings is 2. The highest BCUT2D eigenvalue weighted by atomic mass is 16.5. The van der Waals surface area contributed by atoms with Crippen LogP contribution < -0.4 is 4.74 Å². The molecule has 166 valence electrons. The van der Waals surface area contributed by atoms with Crippen LogP contribution in [0.5, 0.6) is 5.75 Å². The number of likely N-dealkylation sites (tertiary alicyclic amines) is 1. The summed E-state index contributed by atoms with van der Waals surface area (Å²) in [5.74, 6) is 0.780. The van der Waals surface area contributed by atoms with Crippen LogP contribution >= 0.6 is 0 Å². The zero-order valence-electron chi connectivity index (χ0n) is 18.0. The maximum Gasteiger partial charge on any atom is 0.272 e. The Labute approximate surface area is 187 Å². The number of piperidine rings is 1. The first-order valence-corrected chi connectivity index (χ1v) is 11.1. The number of fused-ring (bicyclic) bond motifs is 3. The quantitative estimate of drug-likeness (QED) is 0.574. The van der Waals surface area contributed by atoms with Crippen LogP contribution in [0.3, 0.4) is 0 Å². The summed E-state index contributed by atoms with van der Waals surface area (Å²) in [6.07, 6.45) is 1.80. The standard InChI is InChI=1S/C25H27N3O4/c29-25(24-21-17-32-22-9-5-4-8-20(22)23(21)26-27-24)28-12-10-19(11-13-28)31-15-14-30-16-18-6-2-1-3-7-18/h1-9,19H,10-17H2,(H,26,27). The monoisotopic (exact) mass is 433 g/mol. The summed E-state index contributed by atoms with van der Waals surface area (Å²) in [6.45, 7) is 3.41. The average molecular weight is 434 g/mol. The van der Waals surface area contributed by atoms with Gasteiger partial charge in [0.25, 0.3) is 5.91 Å². The predicted octanol–water partition coefficient (Wildman–Crippen LogP) is 3.81. The molecule has 2 aliphatic rings. The molecule has 32 heavy (non-hydrogen) atoms. The van der Waals surface area contributed by atoms with Gasteiger partial charge in [-0.05, 0) is 30.5 Å². The first-order valence-electron chi connectivity index (χ1n) is 11.1. The number of ether oxygens (including phenoxy) is 3. The number of hydrogen-bond acceptors (Lipinski definition) is 5. The van der Waals surface area contributed by atoms with Gasteiger partial charge in [0.05, 0.1) is 25.9 Å². The molecule has 2 aliphatic heterocycles. The lowest BCUT2D eigenvalue weighted by atomic mass is 10.0. The number of hydrogen-bond donors (Lipinski definition) is 1. The van der Waals surface area contributed by atoms with Gasteiger partial charge in [-0.2, -0.15) is 5.10 Å². The maximum atomic E-state index is 13.1. The van der Waals surface area contributed by atoms with Crippen molar-refractivity contribution in [1.29, 1.82) is 0 Å². The van der Waals surface area contributed by atoms with Crippen LogP contribution in [0.1, 0.15) is 34.5 Å². The fourth-order valence-corrected chi connectivity index (χ4v) is 4.27. The van der Waals surface area contributed by atoms with Crippen molar-refractivity contribution in [3.8, 4) is 17.0 Å². The minimum Gasteiger partial charge on any atom is -0.488 e. The Balaban J connectivity index is 1.09. The molecule has 1 N–H and O–H groups in total. The van der Waals surface area contributed by atoms with Crippen molar-refractivity contribution in [2.45, 2.75) is 32.2 Å². The topological polar surface area (TPSA) is 76.7 Å². The van der Waals surface area contributed by atoms with Crippen LogP contribution in [0.2, 0.25) is 0 Å². The van der Waals surface area contributed by atoms with Crippen LogP contribution in [0.15, 0.2) is 54.6 Å². The SMILES string of the molecule is O=C(c1[nH]nc2c1COc1ccccc1-2)N1CCC(OCCOCc2ccccc2)CC1. The fraction of sp³-hybridized carbons (Fsp3) is 0.360. The van der Waals surface area contributed by atoms with Crippen molar-refractivity contribution in [3.05, 3.63) is 71.4 Å². The van der Waals surface area contributed by atoms with Crippen LogP contribution in [-0.2, 0) is 22.7 Å². The van der Waals surface area contributed by atoms with Crippen molar-refractivity contribution < 1.29 is 19.0 Å². The minimum atomic E-state index is -0.0219. The number of aromatic nitrogens is 2. The number of nitrogens with one attached hydrogen (secondary N) is 1. The summed E-state index contributed by atoms with van der Waals surface area (Å²) in [6, 6.07) is 17.9. The molecule has 3 heterocycles. The summed E-state index contributed by atoms with van der Waals surface area (Å²) in [4.78, 5) is 15.0. The second kappa shape index (κ2) is 9.54. The predicted molar refractivity (Wildman–Crippen MR) is 119 cm³/mol. The molecular weight excluding hydrogens is 406 g/mol. The highest BCUT2D eigenvalue weighted by molar-refractivity contribution is 5.96. The van der Waals surface area contributed by atoms with E-state index in [1.807, 2.05) is 47.4 Å². The number of carbonyl (C=O) groups is 1. The Bertz CT molecular complexity index is 1060. The van der Waals surface area contributed by atoms with E-state index in [1.54, 1.807) is 0 Å². The van der Waals surface area contributed by atoms with E-state index >= 15 is 0 Å². The number of rotatable bonds is 7. The van der Waals surface area contributed by atoms with E-state index in [9.17, 15) is 4.79 Å². The van der Waals surface area contributed by atoms with Gasteiger partial charge in [0.1, 0.15) is 23.7 Å². The Morgan fingerprint density at radius 3 is 2.69 bits per heavy atom. The summed E-state index contributed by atoms with van der Waals surface area (Å²) in [7, 11) is 0. The molecule has 0 saturated carbocycles. The average Bonchev–Trinajstić information content (AvgIpc) is 3.29. The van der Waals surface area contributed by atoms with Crippen LogP contribution in [0.25, 0.3) is 11.3 Å². The molecule has 0 radical (unpaired) electrons. The molecule has 7 heteroatoms. The van der Waals surface area contributed by atoms with Crippen molar-refractivity contribution in [2.24, 2.45) is 0 Å². The third-order valence-corrected chi connectivity index (χ3v) is 6.02. The van der Waals surface area contributed by atoms with E-state index in [2.05, 4.69) is 22.3 Å². The van der Waals surface area contributed by atoms with E-state index in [1.165, 1.54) is 0 Å². The van der Waals surface area contributed by atoms with Gasteiger partial charge in [-0.1, -0.05) is 42.5 Å². The lowest BCUT2D eigenvalue weighted by molar-refractivity contribution is -0.0229. The minimum absolute atomic E-state index is 0.0219. The molecule has 0 aliphatic carbocycles. The second-order valence-electron chi connectivity index (χ2n) is 8.11. The molecule has 1 fully saturated rings. The van der Waals surface area contributed by atoms with E-state index in [4.69, 9.17) is 14.2 Å². The van der Waals surface area contributed by atoms with Crippen LogP contribution in [0, 0.1) is 0 Å². The summed E-state index contributed by atoms with van der Waals surface area (Å²) in [5.41, 5.74) is 4.26. The number of aromatic amines is 1. The Morgan fingerprint density at radius 1 is 1.06 bits per heavy atom. The molecule has 0 atom stereocenters. The Kier molecular flexibility index (Phi) is 6.18. The molecule has 2 aromatic carbocycles. The first kappa shape index (κ1) is 20.7. The van der Waals surface area contributed by atoms with Crippen LogP contribution in [-0.4, -0.2) is 53.4 Å². The number of H-pyrrole nitrogens is 1. The van der Waals surface area contributed by atoms with Gasteiger partial charge in [-0.25, -0.2) is 0 Å². The number of nitrogens with zero attached hydrogens (tertiary/aromatic N) is 2. The van der Waals surface area contributed by atoms with Gasteiger partial charge >= 0.3 is 0 Å². The molecule has 1 aromatic heterocycles. The largest absolute Gasteiger partial charge is 0.488 e. The van der Waals surface area contributed by atoms with E-state index in [0.29, 0.717) is 45.2 Å². The fourth-order valence-electron chi connectivity index (χ4n) is 4.27. The van der Waals surface area contributed by atoms with Gasteiger partial charge in [0.15, 0.2) is 0 Å². The molecule has 1 saturated heterocycles. The normalized spacial score (nSPS) is 15.7. The summed E-state index contributed by atoms with van der Waals surface area (Å²) < 4.78 is 17.5. The Morgan fingerprint density at radius 2 is 1.84 bits per heavy atom. The van der Waals surface area contributed by atoms with Gasteiger partial charge in [0.2, 0.25) is 0 Å². The van der Waals surface area contributed by atoms with Gasteiger partial charge < -0.3 is 19.1 Å². The second-order valence-corrected chi connectivity index (χ2v) is 8.11. The third-order valence-electron chi connectivity index (χ3n) is 6.02. The molecule has 5 rings (SSSR count). The first-order chi connectivity index (χ1) is 15.8. The lowest BCUT2D eigenvalue weighted by Crippen LogP contribution is -2.41. The Hall–Kier alpha value is -3.16. The van der Waals surface area contributed by atoms with E-state index < -0.39 is 0 Å². The van der Waals surface area contributed by atoms with Crippen molar-refractivity contribution in [3.63, 3.8) is 0 Å².